The van der Waals surface area contributed by atoms with Crippen molar-refractivity contribution in [3.8, 4) is 5.75 Å². The molecule has 0 spiro atoms. The topological polar surface area (TPSA) is 60.4 Å². The molecule has 0 saturated carbocycles. The summed E-state index contributed by atoms with van der Waals surface area (Å²) in [6.45, 7) is 7.85. The molecule has 1 aromatic rings. The summed E-state index contributed by atoms with van der Waals surface area (Å²) in [7, 11) is 0. The smallest absolute Gasteiger partial charge is 0.545 e. The molecule has 0 heterocycles. The van der Waals surface area contributed by atoms with E-state index in [0.717, 1.165) is 19.3 Å². The first kappa shape index (κ1) is 19.1. The maximum Gasteiger partial charge on any atom is 1.00 e. The van der Waals surface area contributed by atoms with Crippen molar-refractivity contribution in [2.45, 2.75) is 52.4 Å². The summed E-state index contributed by atoms with van der Waals surface area (Å²) in [5.41, 5.74) is 1.21. The molecule has 0 aromatic heterocycles. The monoisotopic (exact) mass is 288 g/mol. The van der Waals surface area contributed by atoms with Gasteiger partial charge in [-0.25, -0.2) is 0 Å². The van der Waals surface area contributed by atoms with Crippen LogP contribution in [0.15, 0.2) is 12.1 Å². The Kier molecular flexibility index (Phi) is 7.84. The van der Waals surface area contributed by atoms with Crippen molar-refractivity contribution in [1.82, 2.24) is 0 Å². The second-order valence-corrected chi connectivity index (χ2v) is 5.14. The van der Waals surface area contributed by atoms with Crippen LogP contribution in [0.1, 0.15) is 61.5 Å². The summed E-state index contributed by atoms with van der Waals surface area (Å²) in [5.74, 6) is -1.01. The van der Waals surface area contributed by atoms with Gasteiger partial charge in [0.1, 0.15) is 5.75 Å². The van der Waals surface area contributed by atoms with Gasteiger partial charge >= 0.3 is 51.4 Å². The molecule has 0 aliphatic rings. The van der Waals surface area contributed by atoms with Crippen molar-refractivity contribution in [3.63, 3.8) is 0 Å². The second kappa shape index (κ2) is 7.79. The van der Waals surface area contributed by atoms with Gasteiger partial charge in [0.2, 0.25) is 0 Å². The number of carboxylic acids is 1. The third-order valence-corrected chi connectivity index (χ3v) is 3.79. The van der Waals surface area contributed by atoms with E-state index in [0.29, 0.717) is 11.1 Å². The van der Waals surface area contributed by atoms with Gasteiger partial charge in [0.25, 0.3) is 0 Å². The van der Waals surface area contributed by atoms with E-state index in [9.17, 15) is 15.0 Å². The van der Waals surface area contributed by atoms with Crippen LogP contribution in [0.2, 0.25) is 0 Å². The zero-order valence-corrected chi connectivity index (χ0v) is 15.7. The van der Waals surface area contributed by atoms with E-state index >= 15 is 0 Å². The van der Waals surface area contributed by atoms with E-state index in [1.165, 1.54) is 6.07 Å². The van der Waals surface area contributed by atoms with Gasteiger partial charge in [0.05, 0.1) is 5.97 Å². The number of carbonyl (C=O) groups is 1. The Balaban J connectivity index is 0.00000324. The van der Waals surface area contributed by atoms with Gasteiger partial charge < -0.3 is 15.0 Å². The Bertz CT molecular complexity index is 457. The molecule has 0 aliphatic heterocycles. The molecule has 100 valence electrons. The predicted octanol–water partition coefficient (Wildman–Crippen LogP) is -0.464. The van der Waals surface area contributed by atoms with Crippen molar-refractivity contribution in [3.05, 3.63) is 28.8 Å². The van der Waals surface area contributed by atoms with Crippen LogP contribution >= 0.6 is 0 Å². The number of carbonyl (C=O) groups excluding carboxylic acids is 1. The fraction of sp³-hybridized carbons (Fsp3) is 0.533. The van der Waals surface area contributed by atoms with Crippen LogP contribution in [0, 0.1) is 6.92 Å². The van der Waals surface area contributed by atoms with E-state index in [1.54, 1.807) is 13.0 Å². The summed E-state index contributed by atoms with van der Waals surface area (Å²) >= 11 is 0. The first-order chi connectivity index (χ1) is 8.35. The number of benzene rings is 1. The molecular formula is C15H21KO3. The normalized spacial score (nSPS) is 13.5. The number of phenolic OH excluding ortho intramolecular Hbond substituents is 1. The molecule has 1 unspecified atom stereocenters. The number of hydrogen-bond acceptors (Lipinski definition) is 3. The van der Waals surface area contributed by atoms with Gasteiger partial charge in [0, 0.05) is 11.1 Å². The van der Waals surface area contributed by atoms with Gasteiger partial charge in [-0.05, 0) is 42.9 Å². The van der Waals surface area contributed by atoms with Crippen LogP contribution in [-0.4, -0.2) is 11.1 Å². The minimum atomic E-state index is -1.19. The third-order valence-electron chi connectivity index (χ3n) is 3.79. The molecule has 0 amide bonds. The third kappa shape index (κ3) is 4.30. The Hall–Kier alpha value is 0.126. The number of aromatic hydroxyl groups is 1. The van der Waals surface area contributed by atoms with Gasteiger partial charge in [-0.1, -0.05) is 27.2 Å². The Morgan fingerprint density at radius 3 is 2.37 bits per heavy atom. The number of hydrogen-bond donors (Lipinski definition) is 1. The van der Waals surface area contributed by atoms with Gasteiger partial charge in [-0.3, -0.25) is 0 Å². The maximum absolute atomic E-state index is 11.1. The summed E-state index contributed by atoms with van der Waals surface area (Å²) in [6.07, 6.45) is 2.74. The quantitative estimate of drug-likeness (QED) is 0.746. The van der Waals surface area contributed by atoms with Crippen molar-refractivity contribution in [2.75, 3.05) is 0 Å². The summed E-state index contributed by atoms with van der Waals surface area (Å²) in [5, 5.41) is 21.1. The first-order valence-corrected chi connectivity index (χ1v) is 6.41. The molecule has 1 aromatic carbocycles. The van der Waals surface area contributed by atoms with E-state index in [-0.39, 0.29) is 68.1 Å². The number of aromatic carboxylic acids is 1. The Morgan fingerprint density at radius 2 is 1.95 bits per heavy atom. The molecule has 0 saturated heterocycles. The van der Waals surface area contributed by atoms with Crippen LogP contribution in [0.4, 0.5) is 0 Å². The van der Waals surface area contributed by atoms with Crippen LogP contribution in [-0.2, 0) is 5.41 Å². The summed E-state index contributed by atoms with van der Waals surface area (Å²) in [6, 6.07) is 3.09. The predicted molar refractivity (Wildman–Crippen MR) is 69.7 cm³/mol. The van der Waals surface area contributed by atoms with Crippen LogP contribution < -0.4 is 56.5 Å². The molecule has 0 bridgehead atoms. The first-order valence-electron chi connectivity index (χ1n) is 6.41. The Labute approximate surface area is 157 Å². The number of aryl methyl sites for hydroxylation is 1. The average Bonchev–Trinajstić information content (AvgIpc) is 2.28. The standard InChI is InChI=1S/C15H22O3.K/c1-5-7-15(4,6-2)12-9-11(14(17)18)10(3)8-13(12)16;/h8-9,16H,5-7H2,1-4H3,(H,17,18);/q;+1/p-1. The molecule has 4 heteroatoms. The van der Waals surface area contributed by atoms with Crippen molar-refractivity contribution < 1.29 is 66.4 Å². The summed E-state index contributed by atoms with van der Waals surface area (Å²) in [4.78, 5) is 11.1. The molecule has 1 atom stereocenters. The number of carboxylic acid groups (broad SMARTS) is 1. The molecule has 0 fully saturated rings. The molecule has 19 heavy (non-hydrogen) atoms. The minimum absolute atomic E-state index is 0. The van der Waals surface area contributed by atoms with Gasteiger partial charge in [0.15, 0.2) is 0 Å². The van der Waals surface area contributed by atoms with Gasteiger partial charge in [-0.15, -0.1) is 0 Å². The zero-order chi connectivity index (χ0) is 13.9. The average molecular weight is 288 g/mol. The molecule has 0 radical (unpaired) electrons. The fourth-order valence-electron chi connectivity index (χ4n) is 2.45. The fourth-order valence-corrected chi connectivity index (χ4v) is 2.45. The minimum Gasteiger partial charge on any atom is -0.545 e. The van der Waals surface area contributed by atoms with Gasteiger partial charge in [-0.2, -0.15) is 0 Å². The van der Waals surface area contributed by atoms with E-state index in [1.807, 2.05) is 6.92 Å². The molecular weight excluding hydrogens is 267 g/mol. The van der Waals surface area contributed by atoms with Crippen LogP contribution in [0.3, 0.4) is 0 Å². The number of phenols is 1. The van der Waals surface area contributed by atoms with E-state index < -0.39 is 5.97 Å². The van der Waals surface area contributed by atoms with E-state index in [4.69, 9.17) is 0 Å². The largest absolute Gasteiger partial charge is 1.00 e. The number of rotatable bonds is 5. The Morgan fingerprint density at radius 1 is 1.37 bits per heavy atom. The van der Waals surface area contributed by atoms with Crippen LogP contribution in [0.25, 0.3) is 0 Å². The molecule has 1 N–H and O–H groups in total. The van der Waals surface area contributed by atoms with Crippen LogP contribution in [0.5, 0.6) is 5.75 Å². The second-order valence-electron chi connectivity index (χ2n) is 5.14. The summed E-state index contributed by atoms with van der Waals surface area (Å²) < 4.78 is 0. The molecule has 0 aliphatic carbocycles. The van der Waals surface area contributed by atoms with Crippen molar-refractivity contribution in [2.24, 2.45) is 0 Å². The van der Waals surface area contributed by atoms with Crippen molar-refractivity contribution >= 4 is 5.97 Å². The van der Waals surface area contributed by atoms with E-state index in [2.05, 4.69) is 13.8 Å². The van der Waals surface area contributed by atoms with Crippen molar-refractivity contribution in [1.29, 1.82) is 0 Å². The maximum atomic E-state index is 11.1. The zero-order valence-electron chi connectivity index (χ0n) is 12.5. The SMILES string of the molecule is CCCC(C)(CC)c1cc(C(=O)[O-])c(C)cc1O.[K+]. The molecule has 1 rings (SSSR count). The molecule has 3 nitrogen and oxygen atoms in total.